The van der Waals surface area contributed by atoms with Gasteiger partial charge in [0.2, 0.25) is 0 Å². The van der Waals surface area contributed by atoms with Crippen LogP contribution in [0.2, 0.25) is 0 Å². The van der Waals surface area contributed by atoms with Crippen LogP contribution in [0.1, 0.15) is 46.5 Å². The van der Waals surface area contributed by atoms with Crippen molar-refractivity contribution >= 4 is 5.78 Å². The van der Waals surface area contributed by atoms with E-state index in [4.69, 9.17) is 4.74 Å². The number of allylic oxidation sites excluding steroid dienone is 2. The number of hydrogen-bond acceptors (Lipinski definition) is 3. The van der Waals surface area contributed by atoms with Gasteiger partial charge in [-0.15, -0.1) is 0 Å². The quantitative estimate of drug-likeness (QED) is 0.442. The van der Waals surface area contributed by atoms with E-state index < -0.39 is 0 Å². The highest BCUT2D eigenvalue weighted by molar-refractivity contribution is 5.97. The third-order valence-electron chi connectivity index (χ3n) is 4.09. The molecule has 0 saturated carbocycles. The molecule has 1 aliphatic carbocycles. The summed E-state index contributed by atoms with van der Waals surface area (Å²) in [5.41, 5.74) is 2.59. The SMILES string of the molecule is C/C1=C\CC[C@]2(C)O[C@H]2C/C(=C(/C)CO)C(=O)C1. The third kappa shape index (κ3) is 2.73. The van der Waals surface area contributed by atoms with Crippen LogP contribution in [0.4, 0.5) is 0 Å². The van der Waals surface area contributed by atoms with E-state index in [-0.39, 0.29) is 24.1 Å². The van der Waals surface area contributed by atoms with Crippen molar-refractivity contribution in [2.45, 2.75) is 58.2 Å². The van der Waals surface area contributed by atoms with E-state index >= 15 is 0 Å². The average molecular weight is 250 g/mol. The van der Waals surface area contributed by atoms with Crippen LogP contribution in [0.5, 0.6) is 0 Å². The molecule has 0 bridgehead atoms. The fourth-order valence-corrected chi connectivity index (χ4v) is 2.61. The fraction of sp³-hybridized carbons (Fsp3) is 0.667. The maximum absolute atomic E-state index is 12.2. The van der Waals surface area contributed by atoms with E-state index in [9.17, 15) is 9.90 Å². The van der Waals surface area contributed by atoms with Crippen LogP contribution >= 0.6 is 0 Å². The number of epoxide rings is 1. The second-order valence-corrected chi connectivity index (χ2v) is 5.73. The van der Waals surface area contributed by atoms with Crippen LogP contribution in [0.25, 0.3) is 0 Å². The highest BCUT2D eigenvalue weighted by Crippen LogP contribution is 2.45. The molecule has 3 heteroatoms. The topological polar surface area (TPSA) is 49.8 Å². The largest absolute Gasteiger partial charge is 0.392 e. The summed E-state index contributed by atoms with van der Waals surface area (Å²) in [6, 6.07) is 0. The van der Waals surface area contributed by atoms with Gasteiger partial charge in [0, 0.05) is 12.8 Å². The van der Waals surface area contributed by atoms with Crippen molar-refractivity contribution in [3.05, 3.63) is 22.8 Å². The number of fused-ring (bicyclic) bond motifs is 1. The number of aliphatic hydroxyl groups excluding tert-OH is 1. The van der Waals surface area contributed by atoms with Crippen molar-refractivity contribution in [2.24, 2.45) is 0 Å². The van der Waals surface area contributed by atoms with Crippen LogP contribution in [0.15, 0.2) is 22.8 Å². The van der Waals surface area contributed by atoms with Gasteiger partial charge in [-0.25, -0.2) is 0 Å². The second kappa shape index (κ2) is 4.98. The minimum absolute atomic E-state index is 0.0483. The molecule has 0 aromatic carbocycles. The van der Waals surface area contributed by atoms with Gasteiger partial charge in [-0.1, -0.05) is 11.6 Å². The van der Waals surface area contributed by atoms with Crippen LogP contribution in [0.3, 0.4) is 0 Å². The first-order valence-electron chi connectivity index (χ1n) is 6.62. The summed E-state index contributed by atoms with van der Waals surface area (Å²) in [5.74, 6) is 0.134. The number of ketones is 1. The molecule has 0 unspecified atom stereocenters. The number of ether oxygens (including phenoxy) is 1. The van der Waals surface area contributed by atoms with Crippen molar-refractivity contribution in [1.82, 2.24) is 0 Å². The molecule has 3 nitrogen and oxygen atoms in total. The summed E-state index contributed by atoms with van der Waals surface area (Å²) in [4.78, 5) is 12.2. The van der Waals surface area contributed by atoms with Crippen LogP contribution in [0, 0.1) is 0 Å². The molecular weight excluding hydrogens is 228 g/mol. The van der Waals surface area contributed by atoms with E-state index in [1.807, 2.05) is 13.8 Å². The van der Waals surface area contributed by atoms with Gasteiger partial charge in [0.05, 0.1) is 18.3 Å². The van der Waals surface area contributed by atoms with Crippen LogP contribution in [-0.2, 0) is 9.53 Å². The van der Waals surface area contributed by atoms with E-state index in [1.54, 1.807) is 0 Å². The van der Waals surface area contributed by atoms with Crippen molar-refractivity contribution in [1.29, 1.82) is 0 Å². The summed E-state index contributed by atoms with van der Waals surface area (Å²) in [7, 11) is 0. The van der Waals surface area contributed by atoms with Gasteiger partial charge in [0.25, 0.3) is 0 Å². The maximum Gasteiger partial charge on any atom is 0.163 e. The zero-order chi connectivity index (χ0) is 13.3. The predicted octanol–water partition coefficient (Wildman–Crippen LogP) is 2.54. The molecule has 0 aromatic rings. The number of carbonyl (C=O) groups is 1. The predicted molar refractivity (Wildman–Crippen MR) is 70.3 cm³/mol. The molecule has 0 aromatic heterocycles. The highest BCUT2D eigenvalue weighted by atomic mass is 16.6. The summed E-state index contributed by atoms with van der Waals surface area (Å²) in [6.45, 7) is 5.89. The molecule has 0 radical (unpaired) electrons. The Hall–Kier alpha value is -0.930. The lowest BCUT2D eigenvalue weighted by molar-refractivity contribution is -0.115. The monoisotopic (exact) mass is 250 g/mol. The van der Waals surface area contributed by atoms with E-state index in [0.717, 1.165) is 29.6 Å². The molecule has 2 aliphatic rings. The van der Waals surface area contributed by atoms with Gasteiger partial charge in [-0.05, 0) is 44.8 Å². The smallest absolute Gasteiger partial charge is 0.163 e. The average Bonchev–Trinajstić information content (AvgIpc) is 2.95. The van der Waals surface area contributed by atoms with Gasteiger partial charge in [0.1, 0.15) is 0 Å². The summed E-state index contributed by atoms with van der Waals surface area (Å²) >= 11 is 0. The Kier molecular flexibility index (Phi) is 3.74. The summed E-state index contributed by atoms with van der Waals surface area (Å²) in [5, 5.41) is 9.26. The summed E-state index contributed by atoms with van der Waals surface area (Å²) < 4.78 is 5.75. The number of Topliss-reactive ketones (excluding diaryl/α,β-unsaturated/α-hetero) is 1. The standard InChI is InChI=1S/C15H22O3/c1-10-5-4-6-15(3)14(18-15)8-12(11(2)9-16)13(17)7-10/h5,14,16H,4,6-9H2,1-3H3/b10-5+,12-11+/t14-,15-/m0/s1. The lowest BCUT2D eigenvalue weighted by atomic mass is 9.89. The van der Waals surface area contributed by atoms with Gasteiger partial charge < -0.3 is 9.84 Å². The van der Waals surface area contributed by atoms with Crippen LogP contribution in [-0.4, -0.2) is 29.2 Å². The number of aliphatic hydroxyl groups is 1. The van der Waals surface area contributed by atoms with Gasteiger partial charge in [-0.3, -0.25) is 4.79 Å². The number of rotatable bonds is 1. The Morgan fingerprint density at radius 1 is 1.61 bits per heavy atom. The molecule has 1 N–H and O–H groups in total. The fourth-order valence-electron chi connectivity index (χ4n) is 2.61. The zero-order valence-corrected chi connectivity index (χ0v) is 11.5. The van der Waals surface area contributed by atoms with Crippen molar-refractivity contribution < 1.29 is 14.6 Å². The Morgan fingerprint density at radius 2 is 2.33 bits per heavy atom. The maximum atomic E-state index is 12.2. The first-order valence-corrected chi connectivity index (χ1v) is 6.62. The Balaban J connectivity index is 2.27. The Bertz CT molecular complexity index is 419. The molecule has 0 amide bonds. The van der Waals surface area contributed by atoms with Crippen molar-refractivity contribution in [3.8, 4) is 0 Å². The van der Waals surface area contributed by atoms with Crippen molar-refractivity contribution in [2.75, 3.05) is 6.61 Å². The van der Waals surface area contributed by atoms with Crippen LogP contribution < -0.4 is 0 Å². The molecule has 2 rings (SSSR count). The molecule has 0 spiro atoms. The third-order valence-corrected chi connectivity index (χ3v) is 4.09. The van der Waals surface area contributed by atoms with E-state index in [2.05, 4.69) is 13.0 Å². The summed E-state index contributed by atoms with van der Waals surface area (Å²) in [6.07, 6.45) is 5.38. The zero-order valence-electron chi connectivity index (χ0n) is 11.5. The first-order chi connectivity index (χ1) is 8.46. The van der Waals surface area contributed by atoms with Crippen molar-refractivity contribution in [3.63, 3.8) is 0 Å². The van der Waals surface area contributed by atoms with E-state index in [0.29, 0.717) is 12.8 Å². The minimum Gasteiger partial charge on any atom is -0.392 e. The molecule has 100 valence electrons. The molecule has 1 heterocycles. The Labute approximate surface area is 109 Å². The molecule has 1 aliphatic heterocycles. The lowest BCUT2D eigenvalue weighted by Gasteiger charge is -2.13. The lowest BCUT2D eigenvalue weighted by Crippen LogP contribution is -2.16. The minimum atomic E-state index is -0.0740. The first kappa shape index (κ1) is 13.5. The Morgan fingerprint density at radius 3 is 3.00 bits per heavy atom. The van der Waals surface area contributed by atoms with Gasteiger partial charge >= 0.3 is 0 Å². The van der Waals surface area contributed by atoms with E-state index in [1.165, 1.54) is 0 Å². The number of carbonyl (C=O) groups excluding carboxylic acids is 1. The molecule has 2 atom stereocenters. The molecule has 1 saturated heterocycles. The molecule has 18 heavy (non-hydrogen) atoms. The molecule has 1 fully saturated rings. The second-order valence-electron chi connectivity index (χ2n) is 5.73. The molecular formula is C15H22O3. The number of hydrogen-bond donors (Lipinski definition) is 1. The highest BCUT2D eigenvalue weighted by Gasteiger charge is 2.51. The van der Waals surface area contributed by atoms with Gasteiger partial charge in [0.15, 0.2) is 5.78 Å². The normalized spacial score (nSPS) is 38.6. The van der Waals surface area contributed by atoms with Gasteiger partial charge in [-0.2, -0.15) is 0 Å².